The molecule has 18 heavy (non-hydrogen) atoms. The van der Waals surface area contributed by atoms with Crippen molar-refractivity contribution in [3.8, 4) is 6.07 Å². The number of nitriles is 1. The van der Waals surface area contributed by atoms with Crippen LogP contribution in [0.3, 0.4) is 0 Å². The van der Waals surface area contributed by atoms with Crippen molar-refractivity contribution < 1.29 is 0 Å². The second-order valence-corrected chi connectivity index (χ2v) is 7.08. The van der Waals surface area contributed by atoms with Crippen molar-refractivity contribution >= 4 is 0 Å². The van der Waals surface area contributed by atoms with Gasteiger partial charge in [-0.25, -0.2) is 0 Å². The molecule has 2 fully saturated rings. The van der Waals surface area contributed by atoms with Crippen molar-refractivity contribution in [2.24, 2.45) is 23.2 Å². The minimum absolute atomic E-state index is 0.00405. The summed E-state index contributed by atoms with van der Waals surface area (Å²) in [4.78, 5) is 0. The highest BCUT2D eigenvalue weighted by atomic mass is 14.4. The van der Waals surface area contributed by atoms with E-state index in [1.807, 2.05) is 0 Å². The highest BCUT2D eigenvalue weighted by molar-refractivity contribution is 4.99. The van der Waals surface area contributed by atoms with Gasteiger partial charge < -0.3 is 0 Å². The van der Waals surface area contributed by atoms with E-state index in [1.165, 1.54) is 51.4 Å². The lowest BCUT2D eigenvalue weighted by Gasteiger charge is -2.39. The molecule has 0 bridgehead atoms. The maximum absolute atomic E-state index is 9.19. The van der Waals surface area contributed by atoms with Crippen LogP contribution in [0.15, 0.2) is 0 Å². The lowest BCUT2D eigenvalue weighted by Crippen LogP contribution is -2.29. The standard InChI is InChI=1S/C17H29N/c1-3-4-14-5-7-15(8-6-14)16-9-11-17(2,13-18)12-10-16/h14-16H,3-12H2,1-2H3. The molecule has 0 unspecified atom stereocenters. The quantitative estimate of drug-likeness (QED) is 0.662. The third kappa shape index (κ3) is 3.28. The zero-order chi connectivity index (χ0) is 13.0. The monoisotopic (exact) mass is 247 g/mol. The van der Waals surface area contributed by atoms with Gasteiger partial charge in [0.25, 0.3) is 0 Å². The first-order chi connectivity index (χ1) is 8.67. The van der Waals surface area contributed by atoms with Crippen molar-refractivity contribution in [2.45, 2.75) is 78.1 Å². The van der Waals surface area contributed by atoms with E-state index >= 15 is 0 Å². The molecule has 0 heterocycles. The van der Waals surface area contributed by atoms with Crippen LogP contribution in [-0.4, -0.2) is 0 Å². The average molecular weight is 247 g/mol. The van der Waals surface area contributed by atoms with Crippen LogP contribution in [0.4, 0.5) is 0 Å². The summed E-state index contributed by atoms with van der Waals surface area (Å²) >= 11 is 0. The Morgan fingerprint density at radius 1 is 1.00 bits per heavy atom. The zero-order valence-electron chi connectivity index (χ0n) is 12.3. The molecular formula is C17H29N. The maximum Gasteiger partial charge on any atom is 0.0686 e. The Bertz CT molecular complexity index is 285. The van der Waals surface area contributed by atoms with Gasteiger partial charge in [-0.3, -0.25) is 0 Å². The molecule has 0 atom stereocenters. The van der Waals surface area contributed by atoms with Gasteiger partial charge in [0, 0.05) is 0 Å². The first kappa shape index (κ1) is 13.9. The summed E-state index contributed by atoms with van der Waals surface area (Å²) < 4.78 is 0. The van der Waals surface area contributed by atoms with Gasteiger partial charge in [0.2, 0.25) is 0 Å². The first-order valence-corrected chi connectivity index (χ1v) is 8.08. The van der Waals surface area contributed by atoms with Crippen LogP contribution in [-0.2, 0) is 0 Å². The van der Waals surface area contributed by atoms with Crippen LogP contribution in [0.5, 0.6) is 0 Å². The zero-order valence-corrected chi connectivity index (χ0v) is 12.3. The molecule has 2 aliphatic rings. The van der Waals surface area contributed by atoms with Gasteiger partial charge in [-0.15, -0.1) is 0 Å². The van der Waals surface area contributed by atoms with Crippen LogP contribution in [0.25, 0.3) is 0 Å². The Labute approximate surface area is 113 Å². The van der Waals surface area contributed by atoms with Gasteiger partial charge in [0.05, 0.1) is 11.5 Å². The maximum atomic E-state index is 9.19. The van der Waals surface area contributed by atoms with Gasteiger partial charge >= 0.3 is 0 Å². The van der Waals surface area contributed by atoms with Gasteiger partial charge in [0.15, 0.2) is 0 Å². The minimum atomic E-state index is -0.00405. The Balaban J connectivity index is 1.77. The highest BCUT2D eigenvalue weighted by Gasteiger charge is 2.35. The second-order valence-electron chi connectivity index (χ2n) is 7.08. The molecule has 0 aliphatic heterocycles. The van der Waals surface area contributed by atoms with E-state index in [0.29, 0.717) is 0 Å². The topological polar surface area (TPSA) is 23.8 Å². The molecule has 0 spiro atoms. The molecule has 0 amide bonds. The van der Waals surface area contributed by atoms with Gasteiger partial charge in [0.1, 0.15) is 0 Å². The Kier molecular flexibility index (Phi) is 4.71. The SMILES string of the molecule is CCCC1CCC(C2CCC(C)(C#N)CC2)CC1. The third-order valence-electron chi connectivity index (χ3n) is 5.66. The normalized spacial score (nSPS) is 41.3. The molecule has 1 heteroatoms. The van der Waals surface area contributed by atoms with Gasteiger partial charge in [-0.2, -0.15) is 5.26 Å². The van der Waals surface area contributed by atoms with E-state index in [2.05, 4.69) is 19.9 Å². The molecule has 102 valence electrons. The molecule has 0 aromatic carbocycles. The fourth-order valence-electron chi connectivity index (χ4n) is 4.22. The van der Waals surface area contributed by atoms with Crippen LogP contribution in [0, 0.1) is 34.5 Å². The lowest BCUT2D eigenvalue weighted by atomic mass is 9.65. The van der Waals surface area contributed by atoms with Crippen molar-refractivity contribution in [3.05, 3.63) is 0 Å². The van der Waals surface area contributed by atoms with Crippen molar-refractivity contribution in [3.63, 3.8) is 0 Å². The summed E-state index contributed by atoms with van der Waals surface area (Å²) in [6.45, 7) is 4.47. The molecule has 2 aliphatic carbocycles. The highest BCUT2D eigenvalue weighted by Crippen LogP contribution is 2.45. The molecular weight excluding hydrogens is 218 g/mol. The molecule has 0 aromatic heterocycles. The summed E-state index contributed by atoms with van der Waals surface area (Å²) in [5, 5.41) is 9.19. The first-order valence-electron chi connectivity index (χ1n) is 8.08. The number of hydrogen-bond donors (Lipinski definition) is 0. The largest absolute Gasteiger partial charge is 0.198 e. The summed E-state index contributed by atoms with van der Waals surface area (Å²) in [5.41, 5.74) is -0.00405. The fraction of sp³-hybridized carbons (Fsp3) is 0.941. The van der Waals surface area contributed by atoms with Gasteiger partial charge in [-0.05, 0) is 63.2 Å². The average Bonchev–Trinajstić information content (AvgIpc) is 2.41. The molecule has 2 saturated carbocycles. The number of nitrogens with zero attached hydrogens (tertiary/aromatic N) is 1. The Morgan fingerprint density at radius 2 is 1.56 bits per heavy atom. The molecule has 0 saturated heterocycles. The molecule has 2 rings (SSSR count). The fourth-order valence-corrected chi connectivity index (χ4v) is 4.22. The van der Waals surface area contributed by atoms with Crippen LogP contribution < -0.4 is 0 Å². The summed E-state index contributed by atoms with van der Waals surface area (Å²) in [7, 11) is 0. The van der Waals surface area contributed by atoms with Crippen molar-refractivity contribution in [1.29, 1.82) is 5.26 Å². The molecule has 1 nitrogen and oxygen atoms in total. The number of hydrogen-bond acceptors (Lipinski definition) is 1. The molecule has 0 aromatic rings. The van der Waals surface area contributed by atoms with E-state index in [0.717, 1.165) is 30.6 Å². The van der Waals surface area contributed by atoms with E-state index in [1.54, 1.807) is 0 Å². The number of rotatable bonds is 3. The van der Waals surface area contributed by atoms with Gasteiger partial charge in [-0.1, -0.05) is 32.6 Å². The Morgan fingerprint density at radius 3 is 2.06 bits per heavy atom. The van der Waals surface area contributed by atoms with Crippen molar-refractivity contribution in [1.82, 2.24) is 0 Å². The Hall–Kier alpha value is -0.510. The summed E-state index contributed by atoms with van der Waals surface area (Å²) in [6.07, 6.45) is 13.6. The van der Waals surface area contributed by atoms with Crippen LogP contribution in [0.1, 0.15) is 78.1 Å². The van der Waals surface area contributed by atoms with E-state index < -0.39 is 0 Å². The lowest BCUT2D eigenvalue weighted by molar-refractivity contribution is 0.128. The van der Waals surface area contributed by atoms with E-state index in [4.69, 9.17) is 0 Å². The van der Waals surface area contributed by atoms with Crippen molar-refractivity contribution in [2.75, 3.05) is 0 Å². The van der Waals surface area contributed by atoms with E-state index in [9.17, 15) is 5.26 Å². The minimum Gasteiger partial charge on any atom is -0.198 e. The van der Waals surface area contributed by atoms with Crippen LogP contribution >= 0.6 is 0 Å². The van der Waals surface area contributed by atoms with E-state index in [-0.39, 0.29) is 5.41 Å². The predicted octanol–water partition coefficient (Wildman–Crippen LogP) is 5.31. The van der Waals surface area contributed by atoms with Crippen LogP contribution in [0.2, 0.25) is 0 Å². The second kappa shape index (κ2) is 6.09. The molecule has 0 radical (unpaired) electrons. The predicted molar refractivity (Wildman–Crippen MR) is 76.0 cm³/mol. The third-order valence-corrected chi connectivity index (χ3v) is 5.66. The molecule has 0 N–H and O–H groups in total. The summed E-state index contributed by atoms with van der Waals surface area (Å²) in [5.74, 6) is 2.95. The smallest absolute Gasteiger partial charge is 0.0686 e. The summed E-state index contributed by atoms with van der Waals surface area (Å²) in [6, 6.07) is 2.53.